The summed E-state index contributed by atoms with van der Waals surface area (Å²) in [5, 5.41) is 0. The highest BCUT2D eigenvalue weighted by atomic mass is 31.2. The molecule has 0 amide bonds. The number of rotatable bonds is 54. The molecule has 0 aromatic rings. The average molecular weight is 1110 g/mol. The van der Waals surface area contributed by atoms with Gasteiger partial charge in [-0.15, -0.1) is 0 Å². The Balaban J connectivity index is 4.13. The maximum absolute atomic E-state index is 12.7. The van der Waals surface area contributed by atoms with Gasteiger partial charge in [0.2, 0.25) is 0 Å². The summed E-state index contributed by atoms with van der Waals surface area (Å²) in [6.07, 6.45) is 93.7. The summed E-state index contributed by atoms with van der Waals surface area (Å²) in [7, 11) is -4.41. The van der Waals surface area contributed by atoms with Gasteiger partial charge in [-0.2, -0.15) is 0 Å². The van der Waals surface area contributed by atoms with Crippen LogP contribution in [0.3, 0.4) is 0 Å². The van der Waals surface area contributed by atoms with E-state index in [-0.39, 0.29) is 32.6 Å². The standard InChI is InChI=1S/C69H108NO8P/c1-3-5-7-9-11-13-15-17-19-21-23-25-27-29-30-31-32-33-34-35-36-38-40-42-44-46-48-50-52-54-56-58-60-62-69(72)78-67(66-77-79(73,74)76-64-63-70)65-75-68(71)61-59-57-55-53-51-49-47-45-43-41-39-37-28-26-24-22-20-18-16-14-12-10-8-6-4-2/h5-8,11-14,17-20,23-26,29-30,32-33,35-37,39-40,42-43,45-46,48,67H,3-4,9-10,15-16,21-22,27-28,31,34,38,41,44,47,49-66,70H2,1-2H3,(H,73,74)/b7-5-,8-6-,13-11-,14-12-,19-17-,20-18-,25-23-,26-24-,30-29-,33-32-,36-35-,39-37-,42-40-,45-43-,48-46-. The number of hydrogen-bond acceptors (Lipinski definition) is 8. The van der Waals surface area contributed by atoms with Crippen LogP contribution in [0.5, 0.6) is 0 Å². The second kappa shape index (κ2) is 62.3. The molecule has 2 atom stereocenters. The molecule has 0 fully saturated rings. The smallest absolute Gasteiger partial charge is 0.462 e. The lowest BCUT2D eigenvalue weighted by molar-refractivity contribution is -0.161. The molecule has 0 aliphatic heterocycles. The Kier molecular flexibility index (Phi) is 58.5. The molecule has 0 heterocycles. The molecule has 10 heteroatoms. The van der Waals surface area contributed by atoms with Gasteiger partial charge in [-0.05, 0) is 135 Å². The molecule has 0 radical (unpaired) electrons. The summed E-state index contributed by atoms with van der Waals surface area (Å²) in [6.45, 7) is 3.44. The highest BCUT2D eigenvalue weighted by Gasteiger charge is 2.26. The second-order valence-corrected chi connectivity index (χ2v) is 20.6. The molecule has 0 rings (SSSR count). The number of hydrogen-bond donors (Lipinski definition) is 2. The van der Waals surface area contributed by atoms with Crippen molar-refractivity contribution in [3.63, 3.8) is 0 Å². The zero-order valence-corrected chi connectivity index (χ0v) is 50.2. The van der Waals surface area contributed by atoms with E-state index in [4.69, 9.17) is 24.3 Å². The van der Waals surface area contributed by atoms with E-state index >= 15 is 0 Å². The molecule has 3 N–H and O–H groups in total. The van der Waals surface area contributed by atoms with Crippen LogP contribution >= 0.6 is 7.82 Å². The van der Waals surface area contributed by atoms with Crippen LogP contribution in [0.15, 0.2) is 182 Å². The maximum atomic E-state index is 12.7. The predicted molar refractivity (Wildman–Crippen MR) is 339 cm³/mol. The van der Waals surface area contributed by atoms with E-state index in [1.54, 1.807) is 0 Å². The van der Waals surface area contributed by atoms with E-state index in [0.29, 0.717) is 12.8 Å². The summed E-state index contributed by atoms with van der Waals surface area (Å²) >= 11 is 0. The molecule has 2 unspecified atom stereocenters. The van der Waals surface area contributed by atoms with E-state index in [9.17, 15) is 19.0 Å². The maximum Gasteiger partial charge on any atom is 0.472 e. The SMILES string of the molecule is CC/C=C\C/C=C\C/C=C\C/C=C\C/C=C\C/C=C\C/C=C\C/C=C\C/C=C\CCCCCCCC(=O)OC(COC(=O)CCCCCCCC/C=C\C/C=C\C/C=C\C/C=C\C/C=C\C/C=C\CC)COP(=O)(O)OCCN. The Morgan fingerprint density at radius 2 is 0.658 bits per heavy atom. The third-order valence-corrected chi connectivity index (χ3v) is 12.8. The number of allylic oxidation sites excluding steroid dienone is 30. The fourth-order valence-electron chi connectivity index (χ4n) is 7.39. The first-order valence-corrected chi connectivity index (χ1v) is 31.8. The van der Waals surface area contributed by atoms with Gasteiger partial charge in [0.1, 0.15) is 6.61 Å². The molecule has 0 spiro atoms. The highest BCUT2D eigenvalue weighted by Crippen LogP contribution is 2.43. The van der Waals surface area contributed by atoms with Crippen molar-refractivity contribution in [1.82, 2.24) is 0 Å². The summed E-state index contributed by atoms with van der Waals surface area (Å²) in [5.74, 6) is -0.884. The lowest BCUT2D eigenvalue weighted by atomic mass is 10.1. The molecular formula is C69H108NO8P. The third-order valence-electron chi connectivity index (χ3n) is 11.8. The van der Waals surface area contributed by atoms with Gasteiger partial charge in [0.15, 0.2) is 6.10 Å². The van der Waals surface area contributed by atoms with Gasteiger partial charge in [-0.1, -0.05) is 241 Å². The van der Waals surface area contributed by atoms with E-state index in [2.05, 4.69) is 196 Å². The largest absolute Gasteiger partial charge is 0.472 e. The third kappa shape index (κ3) is 62.2. The van der Waals surface area contributed by atoms with Crippen LogP contribution in [0.2, 0.25) is 0 Å². The van der Waals surface area contributed by atoms with E-state index < -0.39 is 32.5 Å². The molecule has 0 saturated carbocycles. The zero-order valence-electron chi connectivity index (χ0n) is 49.3. The number of carbonyl (C=O) groups excluding carboxylic acids is 2. The predicted octanol–water partition coefficient (Wildman–Crippen LogP) is 19.6. The Bertz CT molecular complexity index is 1940. The van der Waals surface area contributed by atoms with Crippen molar-refractivity contribution in [2.75, 3.05) is 26.4 Å². The van der Waals surface area contributed by atoms with E-state index in [0.717, 1.165) is 167 Å². The monoisotopic (exact) mass is 1110 g/mol. The lowest BCUT2D eigenvalue weighted by Gasteiger charge is -2.19. The molecule has 0 aliphatic rings. The Labute approximate surface area is 482 Å². The average Bonchev–Trinajstić information content (AvgIpc) is 3.44. The highest BCUT2D eigenvalue weighted by molar-refractivity contribution is 7.47. The Morgan fingerprint density at radius 3 is 0.975 bits per heavy atom. The minimum Gasteiger partial charge on any atom is -0.462 e. The number of phosphoric acid groups is 1. The van der Waals surface area contributed by atoms with E-state index in [1.807, 2.05) is 0 Å². The molecule has 79 heavy (non-hydrogen) atoms. The minimum absolute atomic E-state index is 0.0366. The summed E-state index contributed by atoms with van der Waals surface area (Å²) in [4.78, 5) is 35.2. The molecule has 0 aromatic carbocycles. The molecule has 0 saturated heterocycles. The summed E-state index contributed by atoms with van der Waals surface area (Å²) < 4.78 is 33.0. The number of ether oxygens (including phenoxy) is 2. The van der Waals surface area contributed by atoms with Crippen molar-refractivity contribution in [3.8, 4) is 0 Å². The second-order valence-electron chi connectivity index (χ2n) is 19.1. The normalized spacial score (nSPS) is 14.3. The van der Waals surface area contributed by atoms with Gasteiger partial charge < -0.3 is 20.1 Å². The van der Waals surface area contributed by atoms with Crippen molar-refractivity contribution in [2.24, 2.45) is 5.73 Å². The Hall–Kier alpha value is -4.89. The molecule has 0 bridgehead atoms. The van der Waals surface area contributed by atoms with Crippen molar-refractivity contribution in [2.45, 2.75) is 213 Å². The van der Waals surface area contributed by atoms with Crippen molar-refractivity contribution in [3.05, 3.63) is 182 Å². The van der Waals surface area contributed by atoms with Crippen LogP contribution in [0.25, 0.3) is 0 Å². The van der Waals surface area contributed by atoms with Crippen LogP contribution in [-0.4, -0.2) is 49.3 Å². The molecule has 0 aromatic heterocycles. The summed E-state index contributed by atoms with van der Waals surface area (Å²) in [6, 6.07) is 0. The minimum atomic E-state index is -4.41. The summed E-state index contributed by atoms with van der Waals surface area (Å²) in [5.41, 5.74) is 5.38. The fourth-order valence-corrected chi connectivity index (χ4v) is 8.16. The van der Waals surface area contributed by atoms with Crippen LogP contribution in [0, 0.1) is 0 Å². The van der Waals surface area contributed by atoms with Gasteiger partial charge in [0.25, 0.3) is 0 Å². The number of phosphoric ester groups is 1. The zero-order chi connectivity index (χ0) is 57.3. The van der Waals surface area contributed by atoms with Gasteiger partial charge in [0.05, 0.1) is 13.2 Å². The Morgan fingerprint density at radius 1 is 0.380 bits per heavy atom. The number of unbranched alkanes of at least 4 members (excludes halogenated alkanes) is 11. The van der Waals surface area contributed by atoms with Crippen molar-refractivity contribution in [1.29, 1.82) is 0 Å². The van der Waals surface area contributed by atoms with Gasteiger partial charge in [-0.25, -0.2) is 4.57 Å². The van der Waals surface area contributed by atoms with Crippen molar-refractivity contribution >= 4 is 19.8 Å². The quantitative estimate of drug-likeness (QED) is 0.0264. The topological polar surface area (TPSA) is 134 Å². The van der Waals surface area contributed by atoms with Gasteiger partial charge in [-0.3, -0.25) is 18.6 Å². The molecule has 0 aliphatic carbocycles. The molecule has 442 valence electrons. The van der Waals surface area contributed by atoms with Crippen LogP contribution < -0.4 is 5.73 Å². The first-order chi connectivity index (χ1) is 38.8. The number of esters is 2. The fraction of sp³-hybridized carbons (Fsp3) is 0.536. The van der Waals surface area contributed by atoms with E-state index in [1.165, 1.54) is 0 Å². The van der Waals surface area contributed by atoms with Crippen LogP contribution in [0.4, 0.5) is 0 Å². The first-order valence-electron chi connectivity index (χ1n) is 30.3. The number of carbonyl (C=O) groups is 2. The van der Waals surface area contributed by atoms with Crippen LogP contribution in [-0.2, 0) is 32.7 Å². The van der Waals surface area contributed by atoms with Crippen molar-refractivity contribution < 1.29 is 37.6 Å². The van der Waals surface area contributed by atoms with Gasteiger partial charge >= 0.3 is 19.8 Å². The first kappa shape index (κ1) is 74.1. The van der Waals surface area contributed by atoms with Crippen LogP contribution in [0.1, 0.15) is 206 Å². The molecular weight excluding hydrogens is 1000 g/mol. The van der Waals surface area contributed by atoms with Gasteiger partial charge in [0, 0.05) is 19.4 Å². The number of nitrogens with two attached hydrogens (primary N) is 1. The molecule has 9 nitrogen and oxygen atoms in total. The lowest BCUT2D eigenvalue weighted by Crippen LogP contribution is -2.29.